The van der Waals surface area contributed by atoms with Crippen molar-refractivity contribution in [2.75, 3.05) is 19.7 Å². The molecule has 0 aliphatic heterocycles. The molecule has 0 bridgehead atoms. The lowest BCUT2D eigenvalue weighted by Crippen LogP contribution is -2.57. The van der Waals surface area contributed by atoms with Crippen LogP contribution in [0.5, 0.6) is 0 Å². The smallest absolute Gasteiger partial charge is 0.326 e. The standard InChI is InChI=1S/C17H29N9O6/c18-5-13(28)24-12(7-27)15(30)25-10(2-1-3-22-17(19)20)14(29)26-11(16(31)32)4-9-6-21-8-23-9/h6,8,10-12,27H,1-5,7,18H2,(H,21,23)(H,24,28)(H,25,30)(H,26,29)(H,31,32)(H4,19,20,22). The van der Waals surface area contributed by atoms with Crippen molar-refractivity contribution in [2.45, 2.75) is 37.4 Å². The Balaban J connectivity index is 2.90. The zero-order chi connectivity index (χ0) is 24.1. The number of carbonyl (C=O) groups excluding carboxylic acids is 3. The SMILES string of the molecule is NCC(=O)NC(CO)C(=O)NC(CCCN=C(N)N)C(=O)NC(Cc1cnc[nH]1)C(=O)O. The van der Waals surface area contributed by atoms with E-state index in [2.05, 4.69) is 30.9 Å². The van der Waals surface area contributed by atoms with Gasteiger partial charge >= 0.3 is 5.97 Å². The number of aromatic amines is 1. The zero-order valence-electron chi connectivity index (χ0n) is 17.3. The number of nitrogens with one attached hydrogen (secondary N) is 4. The van der Waals surface area contributed by atoms with Gasteiger partial charge in [-0.25, -0.2) is 9.78 Å². The highest BCUT2D eigenvalue weighted by Crippen LogP contribution is 2.04. The average Bonchev–Trinajstić information content (AvgIpc) is 3.25. The highest BCUT2D eigenvalue weighted by Gasteiger charge is 2.29. The molecule has 0 spiro atoms. The molecule has 3 amide bonds. The monoisotopic (exact) mass is 455 g/mol. The molecule has 1 heterocycles. The molecule has 178 valence electrons. The van der Waals surface area contributed by atoms with E-state index in [0.717, 1.165) is 0 Å². The fourth-order valence-corrected chi connectivity index (χ4v) is 2.58. The molecule has 1 rings (SSSR count). The lowest BCUT2D eigenvalue weighted by Gasteiger charge is -2.23. The van der Waals surface area contributed by atoms with Gasteiger partial charge in [-0.1, -0.05) is 0 Å². The number of H-pyrrole nitrogens is 1. The quantitative estimate of drug-likeness (QED) is 0.0736. The molecule has 1 aromatic heterocycles. The molecule has 0 aliphatic carbocycles. The molecule has 12 N–H and O–H groups in total. The van der Waals surface area contributed by atoms with E-state index in [1.165, 1.54) is 12.5 Å². The van der Waals surface area contributed by atoms with Gasteiger partial charge in [-0.05, 0) is 12.8 Å². The van der Waals surface area contributed by atoms with Crippen LogP contribution in [0.25, 0.3) is 0 Å². The Hall–Kier alpha value is -3.72. The number of guanidine groups is 1. The topological polar surface area (TPSA) is 264 Å². The van der Waals surface area contributed by atoms with Crippen molar-refractivity contribution in [2.24, 2.45) is 22.2 Å². The molecule has 3 unspecified atom stereocenters. The summed E-state index contributed by atoms with van der Waals surface area (Å²) in [4.78, 5) is 58.6. The third kappa shape index (κ3) is 9.40. The normalized spacial score (nSPS) is 13.3. The maximum absolute atomic E-state index is 12.8. The lowest BCUT2D eigenvalue weighted by atomic mass is 10.1. The number of carboxylic acids is 1. The fourth-order valence-electron chi connectivity index (χ4n) is 2.58. The number of amides is 3. The van der Waals surface area contributed by atoms with Gasteiger partial charge < -0.3 is 48.3 Å². The van der Waals surface area contributed by atoms with Crippen molar-refractivity contribution >= 4 is 29.7 Å². The molecule has 1 aromatic rings. The highest BCUT2D eigenvalue weighted by atomic mass is 16.4. The first-order valence-electron chi connectivity index (χ1n) is 9.64. The van der Waals surface area contributed by atoms with Crippen LogP contribution in [0.2, 0.25) is 0 Å². The molecule has 0 saturated heterocycles. The van der Waals surface area contributed by atoms with Crippen LogP contribution in [-0.2, 0) is 25.6 Å². The summed E-state index contributed by atoms with van der Waals surface area (Å²) in [5, 5.41) is 25.8. The van der Waals surface area contributed by atoms with E-state index < -0.39 is 55.0 Å². The second-order valence-electron chi connectivity index (χ2n) is 6.70. The number of aliphatic imine (C=N–C) groups is 1. The van der Waals surface area contributed by atoms with Gasteiger partial charge in [0.15, 0.2) is 5.96 Å². The van der Waals surface area contributed by atoms with Crippen LogP contribution in [-0.4, -0.2) is 87.7 Å². The molecular formula is C17H29N9O6. The molecule has 15 heteroatoms. The summed E-state index contributed by atoms with van der Waals surface area (Å²) in [6.07, 6.45) is 3.04. The number of aliphatic hydroxyl groups excluding tert-OH is 1. The maximum Gasteiger partial charge on any atom is 0.326 e. The summed E-state index contributed by atoms with van der Waals surface area (Å²) in [6.45, 7) is -0.983. The Kier molecular flexibility index (Phi) is 11.1. The maximum atomic E-state index is 12.8. The summed E-state index contributed by atoms with van der Waals surface area (Å²) < 4.78 is 0. The van der Waals surface area contributed by atoms with E-state index >= 15 is 0 Å². The van der Waals surface area contributed by atoms with E-state index in [1.807, 2.05) is 0 Å². The van der Waals surface area contributed by atoms with Gasteiger partial charge in [0.25, 0.3) is 0 Å². The van der Waals surface area contributed by atoms with Crippen LogP contribution in [0.4, 0.5) is 0 Å². The number of imidazole rings is 1. The number of aromatic nitrogens is 2. The Morgan fingerprint density at radius 2 is 1.75 bits per heavy atom. The molecule has 0 aliphatic rings. The summed E-state index contributed by atoms with van der Waals surface area (Å²) in [7, 11) is 0. The molecule has 0 aromatic carbocycles. The number of hydrogen-bond acceptors (Lipinski definition) is 8. The molecule has 0 saturated carbocycles. The van der Waals surface area contributed by atoms with Crippen molar-refractivity contribution in [3.05, 3.63) is 18.2 Å². The number of hydrogen-bond donors (Lipinski definition) is 9. The molecule has 0 fully saturated rings. The number of aliphatic carboxylic acids is 1. The number of carbonyl (C=O) groups is 4. The van der Waals surface area contributed by atoms with Crippen molar-refractivity contribution in [3.8, 4) is 0 Å². The third-order valence-corrected chi connectivity index (χ3v) is 4.19. The first kappa shape index (κ1) is 26.3. The van der Waals surface area contributed by atoms with Gasteiger partial charge in [-0.3, -0.25) is 19.4 Å². The minimum atomic E-state index is -1.35. The molecule has 32 heavy (non-hydrogen) atoms. The van der Waals surface area contributed by atoms with Crippen molar-refractivity contribution < 1.29 is 29.4 Å². The minimum absolute atomic E-state index is 0.0493. The predicted molar refractivity (Wildman–Crippen MR) is 112 cm³/mol. The van der Waals surface area contributed by atoms with Crippen LogP contribution in [0.3, 0.4) is 0 Å². The summed E-state index contributed by atoms with van der Waals surface area (Å²) >= 11 is 0. The van der Waals surface area contributed by atoms with Crippen molar-refractivity contribution in [1.82, 2.24) is 25.9 Å². The van der Waals surface area contributed by atoms with E-state index in [4.69, 9.17) is 17.2 Å². The Morgan fingerprint density at radius 1 is 1.09 bits per heavy atom. The fraction of sp³-hybridized carbons (Fsp3) is 0.529. The van der Waals surface area contributed by atoms with E-state index in [-0.39, 0.29) is 31.8 Å². The van der Waals surface area contributed by atoms with E-state index in [1.54, 1.807) is 0 Å². The highest BCUT2D eigenvalue weighted by molar-refractivity contribution is 5.93. The van der Waals surface area contributed by atoms with E-state index in [9.17, 15) is 29.4 Å². The van der Waals surface area contributed by atoms with Gasteiger partial charge in [-0.15, -0.1) is 0 Å². The largest absolute Gasteiger partial charge is 0.480 e. The van der Waals surface area contributed by atoms with Gasteiger partial charge in [0, 0.05) is 24.9 Å². The van der Waals surface area contributed by atoms with Crippen LogP contribution in [0.15, 0.2) is 17.5 Å². The van der Waals surface area contributed by atoms with Gasteiger partial charge in [0.2, 0.25) is 17.7 Å². The molecule has 15 nitrogen and oxygen atoms in total. The zero-order valence-corrected chi connectivity index (χ0v) is 17.3. The number of nitrogens with zero attached hydrogens (tertiary/aromatic N) is 2. The first-order valence-corrected chi connectivity index (χ1v) is 9.64. The third-order valence-electron chi connectivity index (χ3n) is 4.19. The van der Waals surface area contributed by atoms with E-state index in [0.29, 0.717) is 5.69 Å². The van der Waals surface area contributed by atoms with Crippen LogP contribution >= 0.6 is 0 Å². The van der Waals surface area contributed by atoms with Crippen LogP contribution in [0.1, 0.15) is 18.5 Å². The second-order valence-corrected chi connectivity index (χ2v) is 6.70. The van der Waals surface area contributed by atoms with Gasteiger partial charge in [-0.2, -0.15) is 0 Å². The number of nitrogens with two attached hydrogens (primary N) is 3. The Morgan fingerprint density at radius 3 is 2.28 bits per heavy atom. The minimum Gasteiger partial charge on any atom is -0.480 e. The molecule has 0 radical (unpaired) electrons. The lowest BCUT2D eigenvalue weighted by molar-refractivity contribution is -0.142. The van der Waals surface area contributed by atoms with Gasteiger partial charge in [0.05, 0.1) is 19.5 Å². The van der Waals surface area contributed by atoms with Crippen LogP contribution < -0.4 is 33.2 Å². The number of carboxylic acid groups (broad SMARTS) is 1. The first-order chi connectivity index (χ1) is 15.2. The second kappa shape index (κ2) is 13.6. The number of rotatable bonds is 14. The van der Waals surface area contributed by atoms with Crippen molar-refractivity contribution in [3.63, 3.8) is 0 Å². The Bertz CT molecular complexity index is 794. The summed E-state index contributed by atoms with van der Waals surface area (Å²) in [6, 6.07) is -3.84. The van der Waals surface area contributed by atoms with Gasteiger partial charge in [0.1, 0.15) is 18.1 Å². The average molecular weight is 455 g/mol. The van der Waals surface area contributed by atoms with Crippen LogP contribution in [0, 0.1) is 0 Å². The Labute approximate surface area is 183 Å². The molecule has 3 atom stereocenters. The number of aliphatic hydroxyl groups is 1. The van der Waals surface area contributed by atoms with Crippen molar-refractivity contribution in [1.29, 1.82) is 0 Å². The predicted octanol–water partition coefficient (Wildman–Crippen LogP) is -4.50. The summed E-state index contributed by atoms with van der Waals surface area (Å²) in [5.74, 6) is -3.75. The summed E-state index contributed by atoms with van der Waals surface area (Å²) in [5.41, 5.74) is 16.2. The molecular weight excluding hydrogens is 426 g/mol.